The summed E-state index contributed by atoms with van der Waals surface area (Å²) in [5.41, 5.74) is 0.722. The lowest BCUT2D eigenvalue weighted by Crippen LogP contribution is -2.30. The molecule has 0 aromatic heterocycles. The van der Waals surface area contributed by atoms with Gasteiger partial charge in [0, 0.05) is 0 Å². The molecule has 0 aliphatic heterocycles. The SMILES string of the molecule is CCCCCCCCCCC(CCCCCCCC)CC(C)(CCCc1ccccc1)C(=O)O. The molecular formula is C32H56O2. The van der Waals surface area contributed by atoms with Crippen molar-refractivity contribution in [2.45, 2.75) is 149 Å². The maximum Gasteiger partial charge on any atom is 0.309 e. The Kier molecular flexibility index (Phi) is 18.0. The minimum absolute atomic E-state index is 0.559. The molecule has 0 saturated carbocycles. The van der Waals surface area contributed by atoms with Gasteiger partial charge >= 0.3 is 5.97 Å². The number of hydrogen-bond acceptors (Lipinski definition) is 1. The summed E-state index contributed by atoms with van der Waals surface area (Å²) in [5.74, 6) is -0.0338. The summed E-state index contributed by atoms with van der Waals surface area (Å²) in [6.45, 7) is 6.56. The van der Waals surface area contributed by atoms with Crippen molar-refractivity contribution in [1.29, 1.82) is 0 Å². The Morgan fingerprint density at radius 3 is 1.68 bits per heavy atom. The van der Waals surface area contributed by atoms with E-state index < -0.39 is 11.4 Å². The molecule has 0 fully saturated rings. The van der Waals surface area contributed by atoms with Gasteiger partial charge in [0.2, 0.25) is 0 Å². The summed E-state index contributed by atoms with van der Waals surface area (Å²) < 4.78 is 0. The normalized spacial score (nSPS) is 14.1. The first-order chi connectivity index (χ1) is 16.5. The van der Waals surface area contributed by atoms with E-state index in [1.807, 2.05) is 13.0 Å². The van der Waals surface area contributed by atoms with E-state index in [1.165, 1.54) is 108 Å². The van der Waals surface area contributed by atoms with Gasteiger partial charge in [-0.15, -0.1) is 0 Å². The second-order valence-electron chi connectivity index (χ2n) is 11.1. The van der Waals surface area contributed by atoms with Gasteiger partial charge in [-0.3, -0.25) is 4.79 Å². The molecule has 0 spiro atoms. The van der Waals surface area contributed by atoms with E-state index in [2.05, 4.69) is 38.1 Å². The Balaban J connectivity index is 2.52. The average Bonchev–Trinajstić information content (AvgIpc) is 2.83. The molecule has 0 amide bonds. The van der Waals surface area contributed by atoms with Crippen LogP contribution in [0.15, 0.2) is 30.3 Å². The van der Waals surface area contributed by atoms with Crippen LogP contribution in [0.25, 0.3) is 0 Å². The number of carbonyl (C=O) groups is 1. The minimum Gasteiger partial charge on any atom is -0.481 e. The Morgan fingerprint density at radius 2 is 1.21 bits per heavy atom. The zero-order valence-electron chi connectivity index (χ0n) is 23.0. The third kappa shape index (κ3) is 14.8. The standard InChI is InChI=1S/C32H56O2/c1-4-6-8-10-12-13-15-18-25-30(24-17-14-11-9-7-5-2)28-32(3,31(33)34)27-21-26-29-22-19-16-20-23-29/h16,19-20,22-23,30H,4-15,17-18,21,24-28H2,1-3H3,(H,33,34). The van der Waals surface area contributed by atoms with Gasteiger partial charge < -0.3 is 5.11 Å². The van der Waals surface area contributed by atoms with Crippen LogP contribution in [0, 0.1) is 11.3 Å². The zero-order valence-corrected chi connectivity index (χ0v) is 23.0. The molecular weight excluding hydrogens is 416 g/mol. The first-order valence-corrected chi connectivity index (χ1v) is 14.8. The molecule has 0 aliphatic rings. The van der Waals surface area contributed by atoms with Crippen molar-refractivity contribution >= 4 is 5.97 Å². The molecule has 2 heteroatoms. The number of rotatable bonds is 23. The number of aryl methyl sites for hydroxylation is 1. The third-order valence-electron chi connectivity index (χ3n) is 7.72. The maximum absolute atomic E-state index is 12.3. The van der Waals surface area contributed by atoms with Gasteiger partial charge in [0.15, 0.2) is 0 Å². The highest BCUT2D eigenvalue weighted by Gasteiger charge is 2.34. The van der Waals surface area contributed by atoms with Gasteiger partial charge in [0.25, 0.3) is 0 Å². The fourth-order valence-electron chi connectivity index (χ4n) is 5.39. The Morgan fingerprint density at radius 1 is 0.735 bits per heavy atom. The molecule has 196 valence electrons. The topological polar surface area (TPSA) is 37.3 Å². The molecule has 1 aromatic carbocycles. The van der Waals surface area contributed by atoms with Crippen LogP contribution >= 0.6 is 0 Å². The highest BCUT2D eigenvalue weighted by atomic mass is 16.4. The molecule has 0 aliphatic carbocycles. The summed E-state index contributed by atoms with van der Waals surface area (Å²) in [7, 11) is 0. The minimum atomic E-state index is -0.595. The molecule has 1 aromatic rings. The number of carboxylic acids is 1. The molecule has 2 unspecified atom stereocenters. The van der Waals surface area contributed by atoms with Crippen LogP contribution in [0.1, 0.15) is 148 Å². The largest absolute Gasteiger partial charge is 0.481 e. The molecule has 34 heavy (non-hydrogen) atoms. The van der Waals surface area contributed by atoms with Crippen LogP contribution in [0.3, 0.4) is 0 Å². The molecule has 0 saturated heterocycles. The summed E-state index contributed by atoms with van der Waals surface area (Å²) in [6, 6.07) is 10.5. The van der Waals surface area contributed by atoms with E-state index in [4.69, 9.17) is 0 Å². The number of hydrogen-bond donors (Lipinski definition) is 1. The van der Waals surface area contributed by atoms with E-state index in [0.29, 0.717) is 5.92 Å². The van der Waals surface area contributed by atoms with Crippen molar-refractivity contribution in [3.05, 3.63) is 35.9 Å². The summed E-state index contributed by atoms with van der Waals surface area (Å²) >= 11 is 0. The summed E-state index contributed by atoms with van der Waals surface area (Å²) in [6.07, 6.45) is 24.7. The number of benzene rings is 1. The monoisotopic (exact) mass is 472 g/mol. The average molecular weight is 473 g/mol. The van der Waals surface area contributed by atoms with Crippen LogP contribution < -0.4 is 0 Å². The van der Waals surface area contributed by atoms with Crippen LogP contribution in [0.2, 0.25) is 0 Å². The molecule has 0 heterocycles. The fourth-order valence-corrected chi connectivity index (χ4v) is 5.39. The van der Waals surface area contributed by atoms with E-state index in [0.717, 1.165) is 25.7 Å². The molecule has 2 atom stereocenters. The first kappa shape index (κ1) is 30.7. The highest BCUT2D eigenvalue weighted by molar-refractivity contribution is 5.74. The second-order valence-corrected chi connectivity index (χ2v) is 11.1. The molecule has 1 N–H and O–H groups in total. The number of aliphatic carboxylic acids is 1. The van der Waals surface area contributed by atoms with Crippen molar-refractivity contribution in [3.8, 4) is 0 Å². The van der Waals surface area contributed by atoms with Gasteiger partial charge in [0.1, 0.15) is 0 Å². The maximum atomic E-state index is 12.3. The van der Waals surface area contributed by atoms with E-state index in [1.54, 1.807) is 0 Å². The van der Waals surface area contributed by atoms with Crippen LogP contribution in [0.4, 0.5) is 0 Å². The first-order valence-electron chi connectivity index (χ1n) is 14.8. The predicted octanol–water partition coefficient (Wildman–Crippen LogP) is 10.4. The smallest absolute Gasteiger partial charge is 0.309 e. The van der Waals surface area contributed by atoms with Gasteiger partial charge in [0.05, 0.1) is 5.41 Å². The van der Waals surface area contributed by atoms with E-state index in [-0.39, 0.29) is 0 Å². The van der Waals surface area contributed by atoms with E-state index in [9.17, 15) is 9.90 Å². The van der Waals surface area contributed by atoms with Crippen LogP contribution in [0.5, 0.6) is 0 Å². The van der Waals surface area contributed by atoms with Crippen molar-refractivity contribution in [1.82, 2.24) is 0 Å². The second kappa shape index (κ2) is 19.9. The van der Waals surface area contributed by atoms with Crippen molar-refractivity contribution in [2.24, 2.45) is 11.3 Å². The summed E-state index contributed by atoms with van der Waals surface area (Å²) in [4.78, 5) is 12.3. The predicted molar refractivity (Wildman–Crippen MR) is 148 cm³/mol. The van der Waals surface area contributed by atoms with Crippen LogP contribution in [-0.4, -0.2) is 11.1 Å². The van der Waals surface area contributed by atoms with Gasteiger partial charge in [-0.25, -0.2) is 0 Å². The zero-order chi connectivity index (χ0) is 24.9. The van der Waals surface area contributed by atoms with Crippen molar-refractivity contribution in [3.63, 3.8) is 0 Å². The number of carboxylic acid groups (broad SMARTS) is 1. The number of unbranched alkanes of at least 4 members (excludes halogenated alkanes) is 12. The van der Waals surface area contributed by atoms with Crippen molar-refractivity contribution in [2.75, 3.05) is 0 Å². The van der Waals surface area contributed by atoms with E-state index >= 15 is 0 Å². The molecule has 1 rings (SSSR count). The van der Waals surface area contributed by atoms with Crippen LogP contribution in [-0.2, 0) is 11.2 Å². The molecule has 0 radical (unpaired) electrons. The quantitative estimate of drug-likeness (QED) is 0.161. The Hall–Kier alpha value is -1.31. The lowest BCUT2D eigenvalue weighted by Gasteiger charge is -2.30. The van der Waals surface area contributed by atoms with Gasteiger partial charge in [-0.2, -0.15) is 0 Å². The fraction of sp³-hybridized carbons (Fsp3) is 0.781. The van der Waals surface area contributed by atoms with Crippen molar-refractivity contribution < 1.29 is 9.90 Å². The lowest BCUT2D eigenvalue weighted by atomic mass is 9.74. The van der Waals surface area contributed by atoms with Gasteiger partial charge in [-0.05, 0) is 44.1 Å². The third-order valence-corrected chi connectivity index (χ3v) is 7.72. The van der Waals surface area contributed by atoms with Gasteiger partial charge in [-0.1, -0.05) is 147 Å². The molecule has 0 bridgehead atoms. The summed E-state index contributed by atoms with van der Waals surface area (Å²) in [5, 5.41) is 10.2. The highest BCUT2D eigenvalue weighted by Crippen LogP contribution is 2.36. The Bertz CT molecular complexity index is 596. The molecule has 2 nitrogen and oxygen atoms in total. The lowest BCUT2D eigenvalue weighted by molar-refractivity contribution is -0.149. The Labute approximate surface area is 212 Å².